The molecule has 21 heavy (non-hydrogen) atoms. The number of aromatic nitrogens is 2. The Labute approximate surface area is 129 Å². The molecule has 0 aliphatic rings. The van der Waals surface area contributed by atoms with Crippen LogP contribution in [0.5, 0.6) is 0 Å². The van der Waals surface area contributed by atoms with E-state index in [1.807, 2.05) is 6.07 Å². The lowest BCUT2D eigenvalue weighted by molar-refractivity contribution is 0.419. The minimum absolute atomic E-state index is 0.00333. The molecular weight excluding hydrogens is 312 g/mol. The van der Waals surface area contributed by atoms with Crippen LogP contribution in [0.1, 0.15) is 12.5 Å². The highest BCUT2D eigenvalue weighted by molar-refractivity contribution is 7.89. The molecule has 0 amide bonds. The number of nitrogens with two attached hydrogens (primary N) is 1. The van der Waals surface area contributed by atoms with Gasteiger partial charge in [0.25, 0.3) is 10.0 Å². The van der Waals surface area contributed by atoms with Gasteiger partial charge in [-0.15, -0.1) is 0 Å². The van der Waals surface area contributed by atoms with Gasteiger partial charge in [0.1, 0.15) is 0 Å². The zero-order chi connectivity index (χ0) is 15.6. The summed E-state index contributed by atoms with van der Waals surface area (Å²) in [5.41, 5.74) is 6.42. The van der Waals surface area contributed by atoms with Gasteiger partial charge in [0.15, 0.2) is 10.8 Å². The number of rotatable bonds is 5. The number of nitrogen functional groups attached to an aromatic ring is 1. The number of aryl methyl sites for hydroxylation is 1. The highest BCUT2D eigenvalue weighted by Crippen LogP contribution is 2.24. The van der Waals surface area contributed by atoms with Crippen LogP contribution in [0.2, 0.25) is 5.02 Å². The highest BCUT2D eigenvalue weighted by atomic mass is 35.5. The van der Waals surface area contributed by atoms with Crippen molar-refractivity contribution in [3.05, 3.63) is 41.2 Å². The summed E-state index contributed by atoms with van der Waals surface area (Å²) in [4.78, 5) is 3.83. The molecule has 114 valence electrons. The van der Waals surface area contributed by atoms with Crippen molar-refractivity contribution in [1.82, 2.24) is 13.9 Å². The third-order valence-corrected chi connectivity index (χ3v) is 5.57. The third-order valence-electron chi connectivity index (χ3n) is 3.15. The highest BCUT2D eigenvalue weighted by Gasteiger charge is 2.29. The van der Waals surface area contributed by atoms with Crippen LogP contribution >= 0.6 is 11.6 Å². The predicted octanol–water partition coefficient (Wildman–Crippen LogP) is 1.87. The van der Waals surface area contributed by atoms with Crippen LogP contribution in [-0.4, -0.2) is 28.8 Å². The second-order valence-electron chi connectivity index (χ2n) is 4.57. The molecule has 0 aliphatic carbocycles. The number of hydrogen-bond donors (Lipinski definition) is 1. The molecule has 0 atom stereocenters. The monoisotopic (exact) mass is 328 g/mol. The van der Waals surface area contributed by atoms with Gasteiger partial charge in [-0.1, -0.05) is 36.7 Å². The van der Waals surface area contributed by atoms with Crippen molar-refractivity contribution in [2.45, 2.75) is 18.5 Å². The first-order valence-electron chi connectivity index (χ1n) is 6.38. The van der Waals surface area contributed by atoms with Gasteiger partial charge in [0, 0.05) is 25.2 Å². The summed E-state index contributed by atoms with van der Waals surface area (Å²) >= 11 is 6.10. The smallest absolute Gasteiger partial charge is 0.262 e. The average Bonchev–Trinajstić information content (AvgIpc) is 2.77. The van der Waals surface area contributed by atoms with Crippen LogP contribution in [0, 0.1) is 0 Å². The van der Waals surface area contributed by atoms with Crippen LogP contribution in [-0.2, 0) is 23.6 Å². The maximum atomic E-state index is 12.7. The summed E-state index contributed by atoms with van der Waals surface area (Å²) in [6.45, 7) is 2.25. The molecule has 0 radical (unpaired) electrons. The number of halogens is 1. The lowest BCUT2D eigenvalue weighted by Crippen LogP contribution is -2.32. The van der Waals surface area contributed by atoms with E-state index >= 15 is 0 Å². The van der Waals surface area contributed by atoms with Crippen molar-refractivity contribution >= 4 is 27.4 Å². The maximum Gasteiger partial charge on any atom is 0.262 e. The molecule has 2 N–H and O–H groups in total. The van der Waals surface area contributed by atoms with Gasteiger partial charge in [-0.05, 0) is 11.6 Å². The van der Waals surface area contributed by atoms with Crippen molar-refractivity contribution in [2.75, 3.05) is 12.3 Å². The van der Waals surface area contributed by atoms with Crippen molar-refractivity contribution < 1.29 is 8.42 Å². The summed E-state index contributed by atoms with van der Waals surface area (Å²) in [7, 11) is -2.14. The Morgan fingerprint density at radius 2 is 2.05 bits per heavy atom. The van der Waals surface area contributed by atoms with Crippen LogP contribution in [0.25, 0.3) is 0 Å². The molecule has 2 rings (SSSR count). The quantitative estimate of drug-likeness (QED) is 0.908. The molecule has 1 heterocycles. The van der Waals surface area contributed by atoms with Crippen molar-refractivity contribution in [2.24, 2.45) is 7.05 Å². The van der Waals surface area contributed by atoms with E-state index in [0.29, 0.717) is 11.6 Å². The van der Waals surface area contributed by atoms with E-state index in [4.69, 9.17) is 17.3 Å². The molecule has 0 spiro atoms. The van der Waals surface area contributed by atoms with Gasteiger partial charge < -0.3 is 10.3 Å². The lowest BCUT2D eigenvalue weighted by Gasteiger charge is -2.21. The summed E-state index contributed by atoms with van der Waals surface area (Å²) in [6.07, 6.45) is 1.38. The van der Waals surface area contributed by atoms with Gasteiger partial charge in [-0.25, -0.2) is 13.4 Å². The minimum Gasteiger partial charge on any atom is -0.381 e. The minimum atomic E-state index is -3.73. The van der Waals surface area contributed by atoms with E-state index in [-0.39, 0.29) is 17.4 Å². The van der Waals surface area contributed by atoms with Crippen molar-refractivity contribution in [3.8, 4) is 0 Å². The number of hydrogen-bond acceptors (Lipinski definition) is 4. The van der Waals surface area contributed by atoms with Gasteiger partial charge >= 0.3 is 0 Å². The Bertz CT molecular complexity index is 723. The molecule has 0 aliphatic heterocycles. The second-order valence-corrected chi connectivity index (χ2v) is 6.83. The summed E-state index contributed by atoms with van der Waals surface area (Å²) < 4.78 is 28.2. The normalized spacial score (nSPS) is 12.0. The lowest BCUT2D eigenvalue weighted by atomic mass is 10.2. The molecule has 1 aromatic carbocycles. The molecule has 0 saturated heterocycles. The van der Waals surface area contributed by atoms with Crippen molar-refractivity contribution in [1.29, 1.82) is 0 Å². The average molecular weight is 329 g/mol. The van der Waals surface area contributed by atoms with E-state index in [9.17, 15) is 8.42 Å². The Kier molecular flexibility index (Phi) is 4.55. The van der Waals surface area contributed by atoms with Gasteiger partial charge in [0.2, 0.25) is 0 Å². The number of imidazole rings is 1. The predicted molar refractivity (Wildman–Crippen MR) is 82.3 cm³/mol. The van der Waals surface area contributed by atoms with Crippen LogP contribution in [0.3, 0.4) is 0 Å². The number of benzene rings is 1. The van der Waals surface area contributed by atoms with Crippen LogP contribution in [0.15, 0.2) is 35.6 Å². The first-order chi connectivity index (χ1) is 9.87. The largest absolute Gasteiger partial charge is 0.381 e. The molecule has 2 aromatic rings. The Balaban J connectivity index is 2.40. The molecular formula is C13H17ClN4O2S. The Morgan fingerprint density at radius 3 is 2.57 bits per heavy atom. The van der Waals surface area contributed by atoms with E-state index in [0.717, 1.165) is 5.56 Å². The fraction of sp³-hybridized carbons (Fsp3) is 0.308. The standard InChI is InChI=1S/C13H17ClN4O2S/c1-3-18(8-10-6-4-5-7-11(10)14)21(19,20)13-12(15)16-9-17(13)2/h4-7,9H,3,8,15H2,1-2H3. The third kappa shape index (κ3) is 3.04. The zero-order valence-corrected chi connectivity index (χ0v) is 13.4. The molecule has 6 nitrogen and oxygen atoms in total. The number of anilines is 1. The van der Waals surface area contributed by atoms with E-state index in [2.05, 4.69) is 4.98 Å². The van der Waals surface area contributed by atoms with Gasteiger partial charge in [-0.2, -0.15) is 4.31 Å². The van der Waals surface area contributed by atoms with Gasteiger partial charge in [-0.3, -0.25) is 0 Å². The van der Waals surface area contributed by atoms with Crippen LogP contribution in [0.4, 0.5) is 5.82 Å². The van der Waals surface area contributed by atoms with Crippen LogP contribution < -0.4 is 5.73 Å². The summed E-state index contributed by atoms with van der Waals surface area (Å²) in [5.74, 6) is -0.00453. The van der Waals surface area contributed by atoms with E-state index in [1.54, 1.807) is 32.2 Å². The second kappa shape index (κ2) is 6.05. The SMILES string of the molecule is CCN(Cc1ccccc1Cl)S(=O)(=O)c1c(N)ncn1C. The fourth-order valence-corrected chi connectivity index (χ4v) is 3.87. The first kappa shape index (κ1) is 15.8. The Morgan fingerprint density at radius 1 is 1.38 bits per heavy atom. The molecule has 0 bridgehead atoms. The summed E-state index contributed by atoms with van der Waals surface area (Å²) in [6, 6.07) is 7.15. The molecule has 0 unspecified atom stereocenters. The topological polar surface area (TPSA) is 81.2 Å². The number of sulfonamides is 1. The van der Waals surface area contributed by atoms with E-state index < -0.39 is 10.0 Å². The fourth-order valence-electron chi connectivity index (χ4n) is 2.06. The first-order valence-corrected chi connectivity index (χ1v) is 8.20. The Hall–Kier alpha value is -1.57. The number of nitrogens with zero attached hydrogens (tertiary/aromatic N) is 3. The molecule has 1 aromatic heterocycles. The molecule has 0 fully saturated rings. The van der Waals surface area contributed by atoms with Gasteiger partial charge in [0.05, 0.1) is 6.33 Å². The zero-order valence-electron chi connectivity index (χ0n) is 11.8. The maximum absolute atomic E-state index is 12.7. The summed E-state index contributed by atoms with van der Waals surface area (Å²) in [5, 5.41) is 0.528. The van der Waals surface area contributed by atoms with Crippen molar-refractivity contribution in [3.63, 3.8) is 0 Å². The molecule has 0 saturated carbocycles. The molecule has 8 heteroatoms. The van der Waals surface area contributed by atoms with E-state index in [1.165, 1.54) is 15.2 Å².